The van der Waals surface area contributed by atoms with E-state index in [0.29, 0.717) is 36.2 Å². The Morgan fingerprint density at radius 3 is 2.35 bits per heavy atom. The van der Waals surface area contributed by atoms with Crippen molar-refractivity contribution in [2.45, 2.75) is 20.0 Å². The normalized spacial score (nSPS) is 10.1. The molecule has 0 unspecified atom stereocenters. The SMILES string of the molecule is CCOc1c(Cl)cc(CNCc2ccc(F)cc2)cc1OC.Cl. The standard InChI is InChI=1S/C17H19ClFNO2.ClH/c1-3-22-17-15(18)8-13(9-16(17)21-2)11-20-10-12-4-6-14(19)7-5-12;/h4-9,20H,3,10-11H2,1-2H3;1H. The maximum absolute atomic E-state index is 12.8. The van der Waals surface area contributed by atoms with Crippen LogP contribution in [0.2, 0.25) is 5.02 Å². The van der Waals surface area contributed by atoms with Crippen LogP contribution >= 0.6 is 24.0 Å². The third-order valence-electron chi connectivity index (χ3n) is 3.15. The van der Waals surface area contributed by atoms with Gasteiger partial charge < -0.3 is 14.8 Å². The summed E-state index contributed by atoms with van der Waals surface area (Å²) in [5.41, 5.74) is 2.01. The molecule has 0 saturated carbocycles. The van der Waals surface area contributed by atoms with Crippen LogP contribution < -0.4 is 14.8 Å². The van der Waals surface area contributed by atoms with Gasteiger partial charge in [0.25, 0.3) is 0 Å². The summed E-state index contributed by atoms with van der Waals surface area (Å²) in [6, 6.07) is 10.2. The Morgan fingerprint density at radius 1 is 1.09 bits per heavy atom. The average molecular weight is 360 g/mol. The van der Waals surface area contributed by atoms with Crippen LogP contribution in [0.5, 0.6) is 11.5 Å². The number of nitrogens with one attached hydrogen (secondary N) is 1. The van der Waals surface area contributed by atoms with Crippen LogP contribution in [0.3, 0.4) is 0 Å². The van der Waals surface area contributed by atoms with E-state index in [0.717, 1.165) is 11.1 Å². The average Bonchev–Trinajstić information content (AvgIpc) is 2.51. The maximum Gasteiger partial charge on any atom is 0.179 e. The lowest BCUT2D eigenvalue weighted by atomic mass is 10.2. The highest BCUT2D eigenvalue weighted by Crippen LogP contribution is 2.36. The van der Waals surface area contributed by atoms with Crippen LogP contribution in [0.15, 0.2) is 36.4 Å². The molecule has 126 valence electrons. The van der Waals surface area contributed by atoms with E-state index in [9.17, 15) is 4.39 Å². The van der Waals surface area contributed by atoms with E-state index < -0.39 is 0 Å². The summed E-state index contributed by atoms with van der Waals surface area (Å²) in [6.45, 7) is 3.69. The van der Waals surface area contributed by atoms with Gasteiger partial charge in [0.05, 0.1) is 18.7 Å². The predicted molar refractivity (Wildman–Crippen MR) is 93.4 cm³/mol. The van der Waals surface area contributed by atoms with Gasteiger partial charge in [-0.1, -0.05) is 23.7 Å². The van der Waals surface area contributed by atoms with Crippen molar-refractivity contribution in [3.8, 4) is 11.5 Å². The zero-order valence-electron chi connectivity index (χ0n) is 13.1. The van der Waals surface area contributed by atoms with E-state index >= 15 is 0 Å². The summed E-state index contributed by atoms with van der Waals surface area (Å²) in [6.07, 6.45) is 0. The first-order valence-electron chi connectivity index (χ1n) is 7.08. The number of rotatable bonds is 7. The fourth-order valence-electron chi connectivity index (χ4n) is 2.11. The molecule has 0 aliphatic carbocycles. The smallest absolute Gasteiger partial charge is 0.179 e. The van der Waals surface area contributed by atoms with E-state index in [-0.39, 0.29) is 18.2 Å². The van der Waals surface area contributed by atoms with Crippen molar-refractivity contribution >= 4 is 24.0 Å². The molecular formula is C17H20Cl2FNO2. The second-order valence-electron chi connectivity index (χ2n) is 4.77. The highest BCUT2D eigenvalue weighted by Gasteiger charge is 2.11. The molecule has 0 aliphatic rings. The van der Waals surface area contributed by atoms with Crippen LogP contribution in [0.1, 0.15) is 18.1 Å². The summed E-state index contributed by atoms with van der Waals surface area (Å²) in [7, 11) is 1.59. The van der Waals surface area contributed by atoms with Crippen LogP contribution in [-0.4, -0.2) is 13.7 Å². The second kappa shape index (κ2) is 9.60. The summed E-state index contributed by atoms with van der Waals surface area (Å²) in [4.78, 5) is 0. The molecule has 0 heterocycles. The summed E-state index contributed by atoms with van der Waals surface area (Å²) in [5.74, 6) is 0.952. The molecule has 6 heteroatoms. The Kier molecular flexibility index (Phi) is 8.17. The molecular weight excluding hydrogens is 340 g/mol. The molecule has 0 radical (unpaired) electrons. The minimum atomic E-state index is -0.230. The van der Waals surface area contributed by atoms with E-state index in [1.165, 1.54) is 12.1 Å². The molecule has 0 fully saturated rings. The van der Waals surface area contributed by atoms with Crippen molar-refractivity contribution in [3.63, 3.8) is 0 Å². The van der Waals surface area contributed by atoms with Crippen molar-refractivity contribution < 1.29 is 13.9 Å². The van der Waals surface area contributed by atoms with Crippen molar-refractivity contribution in [1.82, 2.24) is 5.32 Å². The molecule has 0 aromatic heterocycles. The van der Waals surface area contributed by atoms with Crippen molar-refractivity contribution in [3.05, 3.63) is 58.4 Å². The van der Waals surface area contributed by atoms with E-state index in [1.54, 1.807) is 19.2 Å². The number of ether oxygens (including phenoxy) is 2. The fourth-order valence-corrected chi connectivity index (χ4v) is 2.40. The van der Waals surface area contributed by atoms with Crippen LogP contribution in [0, 0.1) is 5.82 Å². The summed E-state index contributed by atoms with van der Waals surface area (Å²) >= 11 is 6.23. The molecule has 0 aliphatic heterocycles. The number of benzene rings is 2. The first kappa shape index (κ1) is 19.6. The highest BCUT2D eigenvalue weighted by atomic mass is 35.5. The van der Waals surface area contributed by atoms with E-state index in [4.69, 9.17) is 21.1 Å². The van der Waals surface area contributed by atoms with Gasteiger partial charge in [-0.3, -0.25) is 0 Å². The fraction of sp³-hybridized carbons (Fsp3) is 0.294. The Bertz CT molecular complexity index is 621. The van der Waals surface area contributed by atoms with E-state index in [1.807, 2.05) is 19.1 Å². The zero-order chi connectivity index (χ0) is 15.9. The van der Waals surface area contributed by atoms with Gasteiger partial charge in [-0.25, -0.2) is 4.39 Å². The van der Waals surface area contributed by atoms with Crippen molar-refractivity contribution in [2.75, 3.05) is 13.7 Å². The largest absolute Gasteiger partial charge is 0.493 e. The quantitative estimate of drug-likeness (QED) is 0.783. The molecule has 0 atom stereocenters. The Morgan fingerprint density at radius 2 is 1.74 bits per heavy atom. The van der Waals surface area contributed by atoms with Gasteiger partial charge in [-0.2, -0.15) is 0 Å². The highest BCUT2D eigenvalue weighted by molar-refractivity contribution is 6.32. The third kappa shape index (κ3) is 5.57. The first-order valence-corrected chi connectivity index (χ1v) is 7.46. The molecule has 1 N–H and O–H groups in total. The molecule has 0 saturated heterocycles. The van der Waals surface area contributed by atoms with Crippen LogP contribution in [-0.2, 0) is 13.1 Å². The maximum atomic E-state index is 12.8. The minimum absolute atomic E-state index is 0. The Balaban J connectivity index is 0.00000264. The summed E-state index contributed by atoms with van der Waals surface area (Å²) in [5, 5.41) is 3.82. The molecule has 0 bridgehead atoms. The first-order chi connectivity index (χ1) is 10.6. The van der Waals surface area contributed by atoms with Gasteiger partial charge in [0.2, 0.25) is 0 Å². The zero-order valence-corrected chi connectivity index (χ0v) is 14.6. The van der Waals surface area contributed by atoms with Crippen molar-refractivity contribution in [1.29, 1.82) is 0 Å². The van der Waals surface area contributed by atoms with Gasteiger partial charge in [0, 0.05) is 13.1 Å². The molecule has 0 spiro atoms. The Hall–Kier alpha value is -1.49. The lowest BCUT2D eigenvalue weighted by Crippen LogP contribution is -2.13. The summed E-state index contributed by atoms with van der Waals surface area (Å²) < 4.78 is 23.6. The molecule has 0 amide bonds. The van der Waals surface area contributed by atoms with E-state index in [2.05, 4.69) is 5.32 Å². The predicted octanol–water partition coefficient (Wildman–Crippen LogP) is 4.60. The molecule has 3 nitrogen and oxygen atoms in total. The topological polar surface area (TPSA) is 30.5 Å². The second-order valence-corrected chi connectivity index (χ2v) is 5.18. The third-order valence-corrected chi connectivity index (χ3v) is 3.43. The molecule has 2 aromatic carbocycles. The number of methoxy groups -OCH3 is 1. The van der Waals surface area contributed by atoms with Crippen LogP contribution in [0.4, 0.5) is 4.39 Å². The van der Waals surface area contributed by atoms with Gasteiger partial charge >= 0.3 is 0 Å². The molecule has 2 rings (SSSR count). The molecule has 23 heavy (non-hydrogen) atoms. The Labute approximate surface area is 147 Å². The minimum Gasteiger partial charge on any atom is -0.493 e. The van der Waals surface area contributed by atoms with Gasteiger partial charge in [-0.15, -0.1) is 12.4 Å². The van der Waals surface area contributed by atoms with Gasteiger partial charge in [0.15, 0.2) is 11.5 Å². The van der Waals surface area contributed by atoms with Crippen molar-refractivity contribution in [2.24, 2.45) is 0 Å². The molecule has 2 aromatic rings. The monoisotopic (exact) mass is 359 g/mol. The lowest BCUT2D eigenvalue weighted by molar-refractivity contribution is 0.311. The lowest BCUT2D eigenvalue weighted by Gasteiger charge is -2.13. The van der Waals surface area contributed by atoms with Gasteiger partial charge in [0.1, 0.15) is 5.82 Å². The van der Waals surface area contributed by atoms with Crippen LogP contribution in [0.25, 0.3) is 0 Å². The number of hydrogen-bond acceptors (Lipinski definition) is 3. The number of halogens is 3. The number of hydrogen-bond donors (Lipinski definition) is 1. The van der Waals surface area contributed by atoms with Gasteiger partial charge in [-0.05, 0) is 42.3 Å².